The quantitative estimate of drug-likeness (QED) is 0.681. The molecule has 72 valence electrons. The highest BCUT2D eigenvalue weighted by atomic mass is 16.5. The number of hydrogen-bond donors (Lipinski definition) is 0. The van der Waals surface area contributed by atoms with Gasteiger partial charge in [-0.15, -0.1) is 0 Å². The van der Waals surface area contributed by atoms with Gasteiger partial charge in [-0.25, -0.2) is 0 Å². The first-order chi connectivity index (χ1) is 6.81. The van der Waals surface area contributed by atoms with Gasteiger partial charge < -0.3 is 4.74 Å². The van der Waals surface area contributed by atoms with E-state index in [1.54, 1.807) is 7.11 Å². The third-order valence-electron chi connectivity index (χ3n) is 1.93. The van der Waals surface area contributed by atoms with E-state index in [0.717, 1.165) is 23.3 Å². The molecule has 0 bridgehead atoms. The van der Waals surface area contributed by atoms with Crippen LogP contribution in [-0.4, -0.2) is 7.11 Å². The molecule has 1 aromatic carbocycles. The molecule has 2 heteroatoms. The third kappa shape index (κ3) is 2.37. The van der Waals surface area contributed by atoms with Crippen LogP contribution in [-0.2, 0) is 0 Å². The Kier molecular flexibility index (Phi) is 3.75. The first-order valence-corrected chi connectivity index (χ1v) is 4.56. The summed E-state index contributed by atoms with van der Waals surface area (Å²) in [6, 6.07) is 9.68. The minimum absolute atomic E-state index is 0.718. The normalized spacial score (nSPS) is 10.8. The van der Waals surface area contributed by atoms with Crippen molar-refractivity contribution in [3.8, 4) is 11.8 Å². The summed E-state index contributed by atoms with van der Waals surface area (Å²) in [6.45, 7) is 2.01. The Bertz CT molecular complexity index is 357. The molecular formula is C12H13NO. The van der Waals surface area contributed by atoms with Gasteiger partial charge in [-0.1, -0.05) is 13.0 Å². The monoisotopic (exact) mass is 187 g/mol. The van der Waals surface area contributed by atoms with Gasteiger partial charge in [0.1, 0.15) is 5.75 Å². The molecule has 0 amide bonds. The average molecular weight is 187 g/mol. The fourth-order valence-corrected chi connectivity index (χ4v) is 1.20. The second kappa shape index (κ2) is 5.08. The predicted molar refractivity (Wildman–Crippen MR) is 56.9 cm³/mol. The van der Waals surface area contributed by atoms with Crippen LogP contribution in [0.3, 0.4) is 0 Å². The van der Waals surface area contributed by atoms with Crippen LogP contribution < -0.4 is 4.74 Å². The summed E-state index contributed by atoms with van der Waals surface area (Å²) in [5, 5.41) is 8.89. The molecule has 0 aliphatic carbocycles. The van der Waals surface area contributed by atoms with Crippen LogP contribution in [0, 0.1) is 11.3 Å². The molecule has 0 N–H and O–H groups in total. The zero-order valence-corrected chi connectivity index (χ0v) is 8.45. The molecule has 0 saturated heterocycles. The molecule has 0 unspecified atom stereocenters. The number of hydrogen-bond acceptors (Lipinski definition) is 2. The Morgan fingerprint density at radius 2 is 2.07 bits per heavy atom. The van der Waals surface area contributed by atoms with Gasteiger partial charge in [0.05, 0.1) is 18.8 Å². The van der Waals surface area contributed by atoms with Crippen molar-refractivity contribution in [1.29, 1.82) is 5.26 Å². The zero-order valence-electron chi connectivity index (χ0n) is 8.45. The zero-order chi connectivity index (χ0) is 10.4. The summed E-state index contributed by atoms with van der Waals surface area (Å²) in [4.78, 5) is 0. The van der Waals surface area contributed by atoms with Gasteiger partial charge in [0, 0.05) is 0 Å². The molecule has 0 heterocycles. The summed E-state index contributed by atoms with van der Waals surface area (Å²) < 4.78 is 5.04. The number of nitriles is 1. The second-order valence-corrected chi connectivity index (χ2v) is 2.87. The van der Waals surface area contributed by atoms with Crippen LogP contribution in [0.4, 0.5) is 0 Å². The Morgan fingerprint density at radius 1 is 1.43 bits per heavy atom. The fourth-order valence-electron chi connectivity index (χ4n) is 1.20. The lowest BCUT2D eigenvalue weighted by Gasteiger charge is -2.01. The summed E-state index contributed by atoms with van der Waals surface area (Å²) >= 11 is 0. The molecule has 0 aromatic heterocycles. The molecule has 0 aliphatic heterocycles. The van der Waals surface area contributed by atoms with Crippen LogP contribution in [0.2, 0.25) is 0 Å². The smallest absolute Gasteiger partial charge is 0.118 e. The lowest BCUT2D eigenvalue weighted by atomic mass is 10.1. The highest BCUT2D eigenvalue weighted by molar-refractivity contribution is 5.76. The van der Waals surface area contributed by atoms with E-state index in [4.69, 9.17) is 10.00 Å². The van der Waals surface area contributed by atoms with Crippen molar-refractivity contribution in [2.24, 2.45) is 0 Å². The van der Waals surface area contributed by atoms with E-state index >= 15 is 0 Å². The third-order valence-corrected chi connectivity index (χ3v) is 1.93. The molecule has 1 aromatic rings. The highest BCUT2D eigenvalue weighted by Gasteiger charge is 1.99. The topological polar surface area (TPSA) is 33.0 Å². The predicted octanol–water partition coefficient (Wildman–Crippen LogP) is 3.01. The van der Waals surface area contributed by atoms with Crippen molar-refractivity contribution in [2.75, 3.05) is 7.11 Å². The standard InChI is InChI=1S/C12H13NO/c1-3-4-11(9-13)10-5-7-12(14-2)8-6-10/h4-8H,3H2,1-2H3/b11-4-. The molecule has 0 atom stereocenters. The highest BCUT2D eigenvalue weighted by Crippen LogP contribution is 2.18. The largest absolute Gasteiger partial charge is 0.497 e. The van der Waals surface area contributed by atoms with Crippen molar-refractivity contribution in [2.45, 2.75) is 13.3 Å². The van der Waals surface area contributed by atoms with Gasteiger partial charge in [0.15, 0.2) is 0 Å². The second-order valence-electron chi connectivity index (χ2n) is 2.87. The number of nitrogens with zero attached hydrogens (tertiary/aromatic N) is 1. The van der Waals surface area contributed by atoms with E-state index in [1.165, 1.54) is 0 Å². The number of benzene rings is 1. The maximum Gasteiger partial charge on any atom is 0.118 e. The van der Waals surface area contributed by atoms with E-state index in [9.17, 15) is 0 Å². The molecule has 0 fully saturated rings. The first kappa shape index (κ1) is 10.3. The van der Waals surface area contributed by atoms with E-state index in [1.807, 2.05) is 37.3 Å². The Balaban J connectivity index is 2.97. The molecule has 1 rings (SSSR count). The van der Waals surface area contributed by atoms with Crippen LogP contribution in [0.1, 0.15) is 18.9 Å². The maximum absolute atomic E-state index is 8.89. The van der Waals surface area contributed by atoms with Crippen molar-refractivity contribution in [1.82, 2.24) is 0 Å². The summed E-state index contributed by atoms with van der Waals surface area (Å²) in [5.74, 6) is 0.808. The Labute approximate surface area is 84.4 Å². The minimum atomic E-state index is 0.718. The van der Waals surface area contributed by atoms with Crippen LogP contribution >= 0.6 is 0 Å². The molecular weight excluding hydrogens is 174 g/mol. The van der Waals surface area contributed by atoms with Gasteiger partial charge in [-0.3, -0.25) is 0 Å². The molecule has 0 aliphatic rings. The Hall–Kier alpha value is -1.75. The maximum atomic E-state index is 8.89. The lowest BCUT2D eigenvalue weighted by molar-refractivity contribution is 0.415. The summed E-state index contributed by atoms with van der Waals surface area (Å²) in [7, 11) is 1.63. The van der Waals surface area contributed by atoms with Gasteiger partial charge >= 0.3 is 0 Å². The van der Waals surface area contributed by atoms with Crippen molar-refractivity contribution in [3.63, 3.8) is 0 Å². The van der Waals surface area contributed by atoms with Crippen molar-refractivity contribution >= 4 is 5.57 Å². The van der Waals surface area contributed by atoms with Crippen LogP contribution in [0.15, 0.2) is 30.3 Å². The molecule has 0 radical (unpaired) electrons. The van der Waals surface area contributed by atoms with Crippen LogP contribution in [0.5, 0.6) is 5.75 Å². The fraction of sp³-hybridized carbons (Fsp3) is 0.250. The molecule has 2 nitrogen and oxygen atoms in total. The van der Waals surface area contributed by atoms with Crippen LogP contribution in [0.25, 0.3) is 5.57 Å². The van der Waals surface area contributed by atoms with Gasteiger partial charge in [-0.05, 0) is 36.2 Å². The minimum Gasteiger partial charge on any atom is -0.497 e. The molecule has 0 saturated carbocycles. The van der Waals surface area contributed by atoms with Crippen molar-refractivity contribution < 1.29 is 4.74 Å². The van der Waals surface area contributed by atoms with Gasteiger partial charge in [0.2, 0.25) is 0 Å². The number of ether oxygens (including phenoxy) is 1. The SMILES string of the molecule is CC/C=C(/C#N)c1ccc(OC)cc1. The summed E-state index contributed by atoms with van der Waals surface area (Å²) in [6.07, 6.45) is 2.79. The van der Waals surface area contributed by atoms with Gasteiger partial charge in [0.25, 0.3) is 0 Å². The number of rotatable bonds is 3. The molecule has 14 heavy (non-hydrogen) atoms. The Morgan fingerprint density at radius 3 is 2.50 bits per heavy atom. The van der Waals surface area contributed by atoms with Crippen molar-refractivity contribution in [3.05, 3.63) is 35.9 Å². The van der Waals surface area contributed by atoms with E-state index in [0.29, 0.717) is 0 Å². The molecule has 0 spiro atoms. The average Bonchev–Trinajstić information content (AvgIpc) is 2.26. The van der Waals surface area contributed by atoms with E-state index in [-0.39, 0.29) is 0 Å². The number of methoxy groups -OCH3 is 1. The van der Waals surface area contributed by atoms with E-state index < -0.39 is 0 Å². The first-order valence-electron chi connectivity index (χ1n) is 4.56. The summed E-state index contributed by atoms with van der Waals surface area (Å²) in [5.41, 5.74) is 1.66. The number of allylic oxidation sites excluding steroid dienone is 2. The van der Waals surface area contributed by atoms with E-state index in [2.05, 4.69) is 6.07 Å². The van der Waals surface area contributed by atoms with Gasteiger partial charge in [-0.2, -0.15) is 5.26 Å². The lowest BCUT2D eigenvalue weighted by Crippen LogP contribution is -1.84.